The molecule has 0 aliphatic carbocycles. The Balaban J connectivity index is 1.99. The largest absolute Gasteiger partial charge is 0.421 e. The van der Waals surface area contributed by atoms with Crippen molar-refractivity contribution in [2.24, 2.45) is 0 Å². The van der Waals surface area contributed by atoms with Gasteiger partial charge in [0.25, 0.3) is 0 Å². The molecule has 0 amide bonds. The molecule has 6 nitrogen and oxygen atoms in total. The molecule has 0 radical (unpaired) electrons. The average Bonchev–Trinajstić information content (AvgIpc) is 2.82. The molecule has 0 saturated heterocycles. The summed E-state index contributed by atoms with van der Waals surface area (Å²) in [5.74, 6) is 0.380. The fourth-order valence-corrected chi connectivity index (χ4v) is 2.18. The second-order valence-electron chi connectivity index (χ2n) is 4.72. The first-order chi connectivity index (χ1) is 10.3. The van der Waals surface area contributed by atoms with Gasteiger partial charge in [-0.3, -0.25) is 4.57 Å². The van der Waals surface area contributed by atoms with Crippen LogP contribution in [0.4, 0.5) is 5.82 Å². The van der Waals surface area contributed by atoms with Crippen molar-refractivity contribution in [3.63, 3.8) is 0 Å². The van der Waals surface area contributed by atoms with E-state index in [-0.39, 0.29) is 0 Å². The Kier molecular flexibility index (Phi) is 3.68. The summed E-state index contributed by atoms with van der Waals surface area (Å²) >= 11 is 0. The molecule has 0 saturated carbocycles. The van der Waals surface area contributed by atoms with E-state index in [1.165, 1.54) is 4.57 Å². The van der Waals surface area contributed by atoms with Gasteiger partial charge in [0.1, 0.15) is 5.82 Å². The van der Waals surface area contributed by atoms with Crippen molar-refractivity contribution in [2.45, 2.75) is 19.9 Å². The van der Waals surface area contributed by atoms with Crippen LogP contribution in [0.3, 0.4) is 0 Å². The van der Waals surface area contributed by atoms with E-state index < -0.39 is 5.76 Å². The summed E-state index contributed by atoms with van der Waals surface area (Å²) in [6.07, 6.45) is 4.38. The van der Waals surface area contributed by atoms with Gasteiger partial charge in [-0.1, -0.05) is 13.0 Å². The second-order valence-corrected chi connectivity index (χ2v) is 4.72. The number of fused-ring (bicyclic) bond motifs is 1. The number of anilines is 1. The van der Waals surface area contributed by atoms with Gasteiger partial charge < -0.3 is 9.73 Å². The fourth-order valence-electron chi connectivity index (χ4n) is 2.18. The van der Waals surface area contributed by atoms with Gasteiger partial charge in [-0.15, -0.1) is 0 Å². The van der Waals surface area contributed by atoms with Crippen molar-refractivity contribution in [3.05, 3.63) is 52.8 Å². The number of hydrogen-bond donors (Lipinski definition) is 1. The molecule has 3 rings (SSSR count). The summed E-state index contributed by atoms with van der Waals surface area (Å²) in [5, 5.41) is 3.27. The summed E-state index contributed by atoms with van der Waals surface area (Å²) in [5.41, 5.74) is 1.98. The van der Waals surface area contributed by atoms with Crippen LogP contribution >= 0.6 is 0 Å². The zero-order valence-electron chi connectivity index (χ0n) is 11.7. The highest BCUT2D eigenvalue weighted by Gasteiger charge is 2.12. The Morgan fingerprint density at radius 1 is 1.24 bits per heavy atom. The van der Waals surface area contributed by atoms with Crippen molar-refractivity contribution in [2.75, 3.05) is 11.9 Å². The smallest absolute Gasteiger partial charge is 0.406 e. The first kappa shape index (κ1) is 13.4. The van der Waals surface area contributed by atoms with E-state index in [4.69, 9.17) is 4.42 Å². The summed E-state index contributed by atoms with van der Waals surface area (Å²) in [7, 11) is 0. The minimum atomic E-state index is -0.408. The number of nitrogens with zero attached hydrogens (tertiary/aromatic N) is 3. The molecule has 1 N–H and O–H groups in total. The van der Waals surface area contributed by atoms with Gasteiger partial charge in [-0.25, -0.2) is 14.8 Å². The number of pyridine rings is 2. The Labute approximate surface area is 121 Å². The topological polar surface area (TPSA) is 73.0 Å². The Hall–Kier alpha value is -2.63. The Morgan fingerprint density at radius 3 is 2.90 bits per heavy atom. The number of hydrogen-bond acceptors (Lipinski definition) is 5. The van der Waals surface area contributed by atoms with Crippen LogP contribution in [0.15, 0.2) is 45.9 Å². The molecule has 0 aliphatic rings. The summed E-state index contributed by atoms with van der Waals surface area (Å²) in [4.78, 5) is 20.5. The zero-order valence-corrected chi connectivity index (χ0v) is 11.7. The monoisotopic (exact) mass is 284 g/mol. The molecular weight excluding hydrogens is 268 g/mol. The normalized spacial score (nSPS) is 10.9. The molecule has 0 aliphatic heterocycles. The maximum atomic E-state index is 12.0. The van der Waals surface area contributed by atoms with Crippen LogP contribution in [0.5, 0.6) is 0 Å². The van der Waals surface area contributed by atoms with Crippen LogP contribution in [0.1, 0.15) is 18.9 Å². The third kappa shape index (κ3) is 2.65. The highest BCUT2D eigenvalue weighted by atomic mass is 16.4. The van der Waals surface area contributed by atoms with Crippen LogP contribution in [0.2, 0.25) is 0 Å². The molecule has 0 atom stereocenters. The lowest BCUT2D eigenvalue weighted by Crippen LogP contribution is -2.17. The third-order valence-corrected chi connectivity index (χ3v) is 3.19. The molecular formula is C15H16N4O2. The van der Waals surface area contributed by atoms with E-state index >= 15 is 0 Å². The molecule has 6 heteroatoms. The molecule has 3 heterocycles. The predicted octanol–water partition coefficient (Wildman–Crippen LogP) is 2.25. The summed E-state index contributed by atoms with van der Waals surface area (Å²) in [6.45, 7) is 3.31. The number of rotatable bonds is 5. The summed E-state index contributed by atoms with van der Waals surface area (Å²) in [6, 6.07) is 7.28. The van der Waals surface area contributed by atoms with E-state index in [1.54, 1.807) is 24.5 Å². The van der Waals surface area contributed by atoms with Crippen LogP contribution in [0.25, 0.3) is 11.2 Å². The fraction of sp³-hybridized carbons (Fsp3) is 0.267. The van der Waals surface area contributed by atoms with Gasteiger partial charge in [0.05, 0.1) is 6.54 Å². The lowest BCUT2D eigenvalue weighted by atomic mass is 10.2. The second kappa shape index (κ2) is 5.78. The molecule has 0 fully saturated rings. The van der Waals surface area contributed by atoms with E-state index in [0.29, 0.717) is 17.8 Å². The quantitative estimate of drug-likeness (QED) is 0.778. The van der Waals surface area contributed by atoms with E-state index in [9.17, 15) is 4.79 Å². The predicted molar refractivity (Wildman–Crippen MR) is 80.4 cm³/mol. The SMILES string of the molecule is CCCNc1ncccc1Cn1c(=O)oc2cccnc21. The highest BCUT2D eigenvalue weighted by molar-refractivity contribution is 5.67. The third-order valence-electron chi connectivity index (χ3n) is 3.19. The van der Waals surface area contributed by atoms with Gasteiger partial charge in [-0.05, 0) is 24.6 Å². The van der Waals surface area contributed by atoms with Crippen molar-refractivity contribution >= 4 is 17.0 Å². The van der Waals surface area contributed by atoms with Gasteiger partial charge >= 0.3 is 5.76 Å². The Morgan fingerprint density at radius 2 is 2.05 bits per heavy atom. The van der Waals surface area contributed by atoms with E-state index in [2.05, 4.69) is 22.2 Å². The van der Waals surface area contributed by atoms with Crippen LogP contribution in [-0.2, 0) is 6.54 Å². The van der Waals surface area contributed by atoms with Gasteiger partial charge in [0, 0.05) is 24.5 Å². The van der Waals surface area contributed by atoms with Crippen molar-refractivity contribution < 1.29 is 4.42 Å². The highest BCUT2D eigenvalue weighted by Crippen LogP contribution is 2.16. The van der Waals surface area contributed by atoms with Gasteiger partial charge in [0.15, 0.2) is 11.2 Å². The minimum Gasteiger partial charge on any atom is -0.406 e. The summed E-state index contributed by atoms with van der Waals surface area (Å²) < 4.78 is 6.71. The van der Waals surface area contributed by atoms with Crippen molar-refractivity contribution in [3.8, 4) is 0 Å². The van der Waals surface area contributed by atoms with E-state index in [1.807, 2.05) is 12.1 Å². The van der Waals surface area contributed by atoms with E-state index in [0.717, 1.165) is 24.3 Å². The average molecular weight is 284 g/mol. The van der Waals surface area contributed by atoms with Crippen molar-refractivity contribution in [1.29, 1.82) is 0 Å². The number of aromatic nitrogens is 3. The van der Waals surface area contributed by atoms with Gasteiger partial charge in [-0.2, -0.15) is 0 Å². The van der Waals surface area contributed by atoms with Crippen LogP contribution < -0.4 is 11.1 Å². The number of oxazole rings is 1. The maximum absolute atomic E-state index is 12.0. The standard InChI is InChI=1S/C15H16N4O2/c1-2-7-16-13-11(5-3-8-17-13)10-19-14-12(21-15(19)20)6-4-9-18-14/h3-6,8-9H,2,7,10H2,1H3,(H,16,17). The van der Waals surface area contributed by atoms with Crippen molar-refractivity contribution in [1.82, 2.24) is 14.5 Å². The van der Waals surface area contributed by atoms with Gasteiger partial charge in [0.2, 0.25) is 0 Å². The molecule has 0 aromatic carbocycles. The molecule has 0 unspecified atom stereocenters. The minimum absolute atomic E-state index is 0.378. The first-order valence-corrected chi connectivity index (χ1v) is 6.91. The van der Waals surface area contributed by atoms with Crippen LogP contribution in [-0.4, -0.2) is 21.1 Å². The zero-order chi connectivity index (χ0) is 14.7. The molecule has 3 aromatic rings. The van der Waals surface area contributed by atoms with Crippen LogP contribution in [0, 0.1) is 0 Å². The molecule has 3 aromatic heterocycles. The molecule has 0 spiro atoms. The molecule has 0 bridgehead atoms. The lowest BCUT2D eigenvalue weighted by Gasteiger charge is -2.10. The maximum Gasteiger partial charge on any atom is 0.421 e. The number of nitrogens with one attached hydrogen (secondary N) is 1. The molecule has 21 heavy (non-hydrogen) atoms. The first-order valence-electron chi connectivity index (χ1n) is 6.91. The Bertz CT molecular complexity index is 807. The lowest BCUT2D eigenvalue weighted by molar-refractivity contribution is 0.517. The molecule has 108 valence electrons.